The molecule has 86 valence electrons. The average Bonchev–Trinajstić information content (AvgIpc) is 2.52. The van der Waals surface area contributed by atoms with Crippen molar-refractivity contribution >= 4 is 12.2 Å². The molecule has 3 nitrogen and oxygen atoms in total. The number of hydrogen-bond acceptors (Lipinski definition) is 1. The second-order valence-corrected chi connectivity index (χ2v) is 3.79. The fourth-order valence-corrected chi connectivity index (χ4v) is 1.61. The first-order valence-corrected chi connectivity index (χ1v) is 5.38. The standard InChI is InChI=1S/C13H18N2O/c1-5-7-9-12-11(8-6-2)14-13(16)15(12)10(3)4/h5-10H,1H2,2-4H3,(H,14,16)/b8-6-,9-7-. The highest BCUT2D eigenvalue weighted by Crippen LogP contribution is 2.14. The lowest BCUT2D eigenvalue weighted by Crippen LogP contribution is -2.19. The van der Waals surface area contributed by atoms with Crippen LogP contribution < -0.4 is 5.69 Å². The van der Waals surface area contributed by atoms with E-state index in [1.165, 1.54) is 0 Å². The summed E-state index contributed by atoms with van der Waals surface area (Å²) in [7, 11) is 0. The molecule has 0 atom stereocenters. The summed E-state index contributed by atoms with van der Waals surface area (Å²) in [6.45, 7) is 9.53. The molecular formula is C13H18N2O. The minimum absolute atomic E-state index is 0.0770. The van der Waals surface area contributed by atoms with Crippen LogP contribution in [0.2, 0.25) is 0 Å². The Bertz CT molecular complexity index is 473. The summed E-state index contributed by atoms with van der Waals surface area (Å²) in [6, 6.07) is 0.132. The van der Waals surface area contributed by atoms with Crippen LogP contribution in [0.1, 0.15) is 38.2 Å². The largest absolute Gasteiger partial charge is 0.326 e. The van der Waals surface area contributed by atoms with Crippen molar-refractivity contribution in [2.24, 2.45) is 0 Å². The summed E-state index contributed by atoms with van der Waals surface area (Å²) in [5.74, 6) is 0. The van der Waals surface area contributed by atoms with E-state index in [0.717, 1.165) is 11.4 Å². The topological polar surface area (TPSA) is 37.8 Å². The van der Waals surface area contributed by atoms with Crippen LogP contribution in [0, 0.1) is 0 Å². The zero-order valence-corrected chi connectivity index (χ0v) is 10.0. The van der Waals surface area contributed by atoms with E-state index in [2.05, 4.69) is 11.6 Å². The molecule has 1 aromatic rings. The Morgan fingerprint density at radius 3 is 2.56 bits per heavy atom. The molecule has 0 fully saturated rings. The molecule has 0 aromatic carbocycles. The second-order valence-electron chi connectivity index (χ2n) is 3.79. The van der Waals surface area contributed by atoms with E-state index in [4.69, 9.17) is 0 Å². The quantitative estimate of drug-likeness (QED) is 0.775. The van der Waals surface area contributed by atoms with Crippen molar-refractivity contribution in [3.63, 3.8) is 0 Å². The number of aromatic amines is 1. The van der Waals surface area contributed by atoms with Gasteiger partial charge in [0.25, 0.3) is 0 Å². The molecule has 1 aromatic heterocycles. The first-order chi connectivity index (χ1) is 7.61. The van der Waals surface area contributed by atoms with Gasteiger partial charge in [0.2, 0.25) is 0 Å². The third-order valence-electron chi connectivity index (χ3n) is 2.24. The van der Waals surface area contributed by atoms with Crippen molar-refractivity contribution in [3.05, 3.63) is 46.7 Å². The minimum atomic E-state index is -0.0770. The van der Waals surface area contributed by atoms with Crippen molar-refractivity contribution in [1.82, 2.24) is 9.55 Å². The van der Waals surface area contributed by atoms with E-state index < -0.39 is 0 Å². The molecule has 3 heteroatoms. The summed E-state index contributed by atoms with van der Waals surface area (Å²) in [6.07, 6.45) is 9.21. The van der Waals surface area contributed by atoms with Crippen molar-refractivity contribution in [2.45, 2.75) is 26.8 Å². The lowest BCUT2D eigenvalue weighted by Gasteiger charge is -2.08. The Hall–Kier alpha value is -1.77. The smallest absolute Gasteiger partial charge is 0.306 e. The number of nitrogens with zero attached hydrogens (tertiary/aromatic N) is 1. The molecule has 1 N–H and O–H groups in total. The van der Waals surface area contributed by atoms with Gasteiger partial charge in [0.05, 0.1) is 11.4 Å². The van der Waals surface area contributed by atoms with Crippen LogP contribution in [0.25, 0.3) is 12.2 Å². The summed E-state index contributed by atoms with van der Waals surface area (Å²) in [4.78, 5) is 14.6. The van der Waals surface area contributed by atoms with Crippen LogP contribution in [0.4, 0.5) is 0 Å². The zero-order chi connectivity index (χ0) is 12.1. The molecule has 16 heavy (non-hydrogen) atoms. The van der Waals surface area contributed by atoms with E-state index in [0.29, 0.717) is 0 Å². The molecule has 0 spiro atoms. The van der Waals surface area contributed by atoms with Gasteiger partial charge in [0, 0.05) is 6.04 Å². The van der Waals surface area contributed by atoms with E-state index >= 15 is 0 Å². The van der Waals surface area contributed by atoms with Gasteiger partial charge in [-0.2, -0.15) is 0 Å². The van der Waals surface area contributed by atoms with Gasteiger partial charge < -0.3 is 4.98 Å². The van der Waals surface area contributed by atoms with Crippen molar-refractivity contribution < 1.29 is 0 Å². The third-order valence-corrected chi connectivity index (χ3v) is 2.24. The van der Waals surface area contributed by atoms with E-state index in [9.17, 15) is 4.79 Å². The van der Waals surface area contributed by atoms with E-state index in [-0.39, 0.29) is 11.7 Å². The van der Waals surface area contributed by atoms with Gasteiger partial charge in [-0.1, -0.05) is 24.8 Å². The maximum Gasteiger partial charge on any atom is 0.326 e. The van der Waals surface area contributed by atoms with E-state index in [1.54, 1.807) is 10.6 Å². The molecule has 0 amide bonds. The minimum Gasteiger partial charge on any atom is -0.306 e. The predicted octanol–water partition coefficient (Wildman–Crippen LogP) is 2.99. The molecule has 0 radical (unpaired) electrons. The lowest BCUT2D eigenvalue weighted by atomic mass is 10.2. The van der Waals surface area contributed by atoms with Gasteiger partial charge in [-0.15, -0.1) is 0 Å². The molecule has 0 aliphatic heterocycles. The van der Waals surface area contributed by atoms with E-state index in [1.807, 2.05) is 45.1 Å². The second kappa shape index (κ2) is 5.35. The fourth-order valence-electron chi connectivity index (χ4n) is 1.61. The number of nitrogens with one attached hydrogen (secondary N) is 1. The molecule has 0 aliphatic carbocycles. The molecule has 0 unspecified atom stereocenters. The molecular weight excluding hydrogens is 200 g/mol. The number of H-pyrrole nitrogens is 1. The van der Waals surface area contributed by atoms with Gasteiger partial charge in [0.15, 0.2) is 0 Å². The number of aromatic nitrogens is 2. The average molecular weight is 218 g/mol. The van der Waals surface area contributed by atoms with Gasteiger partial charge in [-0.3, -0.25) is 4.57 Å². The van der Waals surface area contributed by atoms with Crippen molar-refractivity contribution in [2.75, 3.05) is 0 Å². The van der Waals surface area contributed by atoms with Crippen LogP contribution in [-0.2, 0) is 0 Å². The summed E-state index contributed by atoms with van der Waals surface area (Å²) in [5, 5.41) is 0. The Labute approximate surface area is 95.8 Å². The maximum atomic E-state index is 11.8. The van der Waals surface area contributed by atoms with Crippen LogP contribution in [0.15, 0.2) is 29.6 Å². The monoisotopic (exact) mass is 218 g/mol. The fraction of sp³-hybridized carbons (Fsp3) is 0.308. The predicted molar refractivity (Wildman–Crippen MR) is 69.4 cm³/mol. The highest BCUT2D eigenvalue weighted by molar-refractivity contribution is 5.60. The zero-order valence-electron chi connectivity index (χ0n) is 10.0. The van der Waals surface area contributed by atoms with Crippen LogP contribution in [-0.4, -0.2) is 9.55 Å². The highest BCUT2D eigenvalue weighted by atomic mass is 16.1. The van der Waals surface area contributed by atoms with Gasteiger partial charge in [-0.05, 0) is 32.9 Å². The number of hydrogen-bond donors (Lipinski definition) is 1. The SMILES string of the molecule is C=C/C=C\c1c(/C=C\C)[nH]c(=O)n1C(C)C. The van der Waals surface area contributed by atoms with Gasteiger partial charge in [0.1, 0.15) is 0 Å². The van der Waals surface area contributed by atoms with Crippen LogP contribution in [0.5, 0.6) is 0 Å². The van der Waals surface area contributed by atoms with Crippen molar-refractivity contribution in [3.8, 4) is 0 Å². The molecule has 1 heterocycles. The first kappa shape index (κ1) is 12.3. The van der Waals surface area contributed by atoms with Gasteiger partial charge in [-0.25, -0.2) is 4.79 Å². The molecule has 1 rings (SSSR count). The molecule has 0 aliphatic rings. The molecule has 0 bridgehead atoms. The Morgan fingerprint density at radius 1 is 1.38 bits per heavy atom. The summed E-state index contributed by atoms with van der Waals surface area (Å²) < 4.78 is 1.73. The summed E-state index contributed by atoms with van der Waals surface area (Å²) >= 11 is 0. The maximum absolute atomic E-state index is 11.8. The Kier molecular flexibility index (Phi) is 4.11. The number of allylic oxidation sites excluding steroid dienone is 3. The summed E-state index contributed by atoms with van der Waals surface area (Å²) in [5.41, 5.74) is 1.64. The molecule has 0 saturated carbocycles. The normalized spacial score (nSPS) is 12.0. The third kappa shape index (κ3) is 2.42. The van der Waals surface area contributed by atoms with Crippen LogP contribution >= 0.6 is 0 Å². The Morgan fingerprint density at radius 2 is 2.06 bits per heavy atom. The van der Waals surface area contributed by atoms with Gasteiger partial charge >= 0.3 is 5.69 Å². The highest BCUT2D eigenvalue weighted by Gasteiger charge is 2.11. The number of imidazole rings is 1. The lowest BCUT2D eigenvalue weighted by molar-refractivity contribution is 0.576. The number of rotatable bonds is 4. The first-order valence-electron chi connectivity index (χ1n) is 5.38. The molecule has 0 saturated heterocycles. The Balaban J connectivity index is 3.42. The van der Waals surface area contributed by atoms with Crippen LogP contribution in [0.3, 0.4) is 0 Å². The van der Waals surface area contributed by atoms with Crippen molar-refractivity contribution in [1.29, 1.82) is 0 Å².